The zero-order valence-electron chi connectivity index (χ0n) is 9.75. The van der Waals surface area contributed by atoms with Gasteiger partial charge in [0.1, 0.15) is 12.4 Å². The number of alkyl halides is 3. The van der Waals surface area contributed by atoms with Gasteiger partial charge in [-0.05, 0) is 24.1 Å². The summed E-state index contributed by atoms with van der Waals surface area (Å²) in [6.45, 7) is 0.545. The molecule has 0 bridgehead atoms. The highest BCUT2D eigenvalue weighted by molar-refractivity contribution is 5.29. The Morgan fingerprint density at radius 3 is 2.53 bits per heavy atom. The van der Waals surface area contributed by atoms with Crippen LogP contribution in [0.5, 0.6) is 5.75 Å². The molecule has 1 aromatic rings. The summed E-state index contributed by atoms with van der Waals surface area (Å²) in [5.41, 5.74) is 0.691. The number of methoxy groups -OCH3 is 1. The van der Waals surface area contributed by atoms with Crippen molar-refractivity contribution in [3.63, 3.8) is 0 Å². The summed E-state index contributed by atoms with van der Waals surface area (Å²) >= 11 is 0. The van der Waals surface area contributed by atoms with E-state index in [1.807, 2.05) is 0 Å². The lowest BCUT2D eigenvalue weighted by molar-refractivity contribution is -0.186. The van der Waals surface area contributed by atoms with E-state index in [0.717, 1.165) is 0 Å². The van der Waals surface area contributed by atoms with Gasteiger partial charge in [0, 0.05) is 0 Å². The molecule has 17 heavy (non-hydrogen) atoms. The summed E-state index contributed by atoms with van der Waals surface area (Å²) in [5.74, 6) is 0.608. The minimum Gasteiger partial charge on any atom is -0.497 e. The van der Waals surface area contributed by atoms with Crippen molar-refractivity contribution in [1.82, 2.24) is 0 Å². The van der Waals surface area contributed by atoms with Crippen molar-refractivity contribution in [2.45, 2.75) is 25.6 Å². The molecular weight excluding hydrogens is 233 g/mol. The Kier molecular flexibility index (Phi) is 4.81. The number of hydrogen-bond donors (Lipinski definition) is 0. The first kappa shape index (κ1) is 13.8. The third kappa shape index (κ3) is 4.65. The van der Waals surface area contributed by atoms with Crippen molar-refractivity contribution >= 4 is 0 Å². The maximum Gasteiger partial charge on any atom is 0.411 e. The van der Waals surface area contributed by atoms with Crippen LogP contribution in [0.4, 0.5) is 13.2 Å². The molecule has 0 aliphatic heterocycles. The van der Waals surface area contributed by atoms with Gasteiger partial charge in [0.05, 0.1) is 13.2 Å². The zero-order chi connectivity index (χ0) is 12.9. The largest absolute Gasteiger partial charge is 0.497 e. The first-order valence-electron chi connectivity index (χ1n) is 5.28. The molecule has 0 N–H and O–H groups in total. The first-order valence-corrected chi connectivity index (χ1v) is 5.28. The summed E-state index contributed by atoms with van der Waals surface area (Å²) in [4.78, 5) is 0. The van der Waals surface area contributed by atoms with Gasteiger partial charge in [0.15, 0.2) is 0 Å². The van der Waals surface area contributed by atoms with Crippen LogP contribution in [0.25, 0.3) is 0 Å². The molecule has 2 nitrogen and oxygen atoms in total. The Bertz CT molecular complexity index is 350. The van der Waals surface area contributed by atoms with Crippen LogP contribution in [0.2, 0.25) is 0 Å². The molecule has 96 valence electrons. The Morgan fingerprint density at radius 1 is 1.29 bits per heavy atom. The van der Waals surface area contributed by atoms with Crippen LogP contribution in [0.3, 0.4) is 0 Å². The summed E-state index contributed by atoms with van der Waals surface area (Å²) < 4.78 is 46.1. The third-order valence-corrected chi connectivity index (χ3v) is 2.28. The highest BCUT2D eigenvalue weighted by Crippen LogP contribution is 2.27. The predicted molar refractivity (Wildman–Crippen MR) is 58.0 cm³/mol. The summed E-state index contributed by atoms with van der Waals surface area (Å²) in [6.07, 6.45) is -4.39. The molecular formula is C12H15F3O2. The molecule has 0 aromatic heterocycles. The van der Waals surface area contributed by atoms with Crippen LogP contribution >= 0.6 is 0 Å². The van der Waals surface area contributed by atoms with E-state index in [0.29, 0.717) is 17.7 Å². The van der Waals surface area contributed by atoms with Crippen molar-refractivity contribution in [3.8, 4) is 5.75 Å². The lowest BCUT2D eigenvalue weighted by atomic mass is 10.1. The SMILES string of the molecule is CCC(OCC(F)(F)F)c1cccc(OC)c1. The maximum absolute atomic E-state index is 12.1. The lowest BCUT2D eigenvalue weighted by Crippen LogP contribution is -2.19. The molecule has 0 heterocycles. The van der Waals surface area contributed by atoms with E-state index in [1.165, 1.54) is 7.11 Å². The molecule has 1 unspecified atom stereocenters. The number of rotatable bonds is 5. The fraction of sp³-hybridized carbons (Fsp3) is 0.500. The second-order valence-electron chi connectivity index (χ2n) is 3.60. The molecule has 1 aromatic carbocycles. The van der Waals surface area contributed by atoms with Crippen LogP contribution < -0.4 is 4.74 Å². The minimum absolute atomic E-state index is 0.475. The van der Waals surface area contributed by atoms with Crippen molar-refractivity contribution in [2.24, 2.45) is 0 Å². The van der Waals surface area contributed by atoms with Gasteiger partial charge in [-0.3, -0.25) is 0 Å². The molecule has 0 radical (unpaired) electrons. The van der Waals surface area contributed by atoms with Crippen LogP contribution in [0.15, 0.2) is 24.3 Å². The summed E-state index contributed by atoms with van der Waals surface area (Å²) in [6, 6.07) is 6.88. The Hall–Kier alpha value is -1.23. The van der Waals surface area contributed by atoms with Gasteiger partial charge < -0.3 is 9.47 Å². The molecule has 0 saturated carbocycles. The van der Waals surface area contributed by atoms with Gasteiger partial charge in [-0.2, -0.15) is 13.2 Å². The molecule has 0 aliphatic rings. The lowest BCUT2D eigenvalue weighted by Gasteiger charge is -2.18. The highest BCUT2D eigenvalue weighted by Gasteiger charge is 2.29. The topological polar surface area (TPSA) is 18.5 Å². The predicted octanol–water partition coefficient (Wildman–Crippen LogP) is 3.73. The fourth-order valence-corrected chi connectivity index (χ4v) is 1.49. The van der Waals surface area contributed by atoms with Crippen LogP contribution in [-0.4, -0.2) is 19.9 Å². The van der Waals surface area contributed by atoms with Gasteiger partial charge in [-0.15, -0.1) is 0 Å². The maximum atomic E-state index is 12.1. The van der Waals surface area contributed by atoms with Crippen molar-refractivity contribution in [1.29, 1.82) is 0 Å². The van der Waals surface area contributed by atoms with E-state index < -0.39 is 18.9 Å². The summed E-state index contributed by atoms with van der Waals surface area (Å²) in [5, 5.41) is 0. The van der Waals surface area contributed by atoms with Gasteiger partial charge >= 0.3 is 6.18 Å². The molecule has 0 fully saturated rings. The van der Waals surface area contributed by atoms with E-state index >= 15 is 0 Å². The Morgan fingerprint density at radius 2 is 2.00 bits per heavy atom. The standard InChI is InChI=1S/C12H15F3O2/c1-3-11(17-8-12(13,14)15)9-5-4-6-10(7-9)16-2/h4-7,11H,3,8H2,1-2H3. The van der Waals surface area contributed by atoms with E-state index in [2.05, 4.69) is 0 Å². The van der Waals surface area contributed by atoms with E-state index in [4.69, 9.17) is 9.47 Å². The zero-order valence-corrected chi connectivity index (χ0v) is 9.75. The Balaban J connectivity index is 2.72. The average molecular weight is 248 g/mol. The molecule has 0 spiro atoms. The fourth-order valence-electron chi connectivity index (χ4n) is 1.49. The van der Waals surface area contributed by atoms with E-state index in [-0.39, 0.29) is 0 Å². The number of halogens is 3. The van der Waals surface area contributed by atoms with E-state index in [9.17, 15) is 13.2 Å². The van der Waals surface area contributed by atoms with Gasteiger partial charge in [0.25, 0.3) is 0 Å². The third-order valence-electron chi connectivity index (χ3n) is 2.28. The normalized spacial score (nSPS) is 13.5. The van der Waals surface area contributed by atoms with Crippen molar-refractivity contribution in [3.05, 3.63) is 29.8 Å². The van der Waals surface area contributed by atoms with Crippen molar-refractivity contribution < 1.29 is 22.6 Å². The number of hydrogen-bond acceptors (Lipinski definition) is 2. The first-order chi connectivity index (χ1) is 7.96. The van der Waals surface area contributed by atoms with Crippen LogP contribution in [-0.2, 0) is 4.74 Å². The molecule has 0 aliphatic carbocycles. The number of benzene rings is 1. The van der Waals surface area contributed by atoms with Gasteiger partial charge in [-0.25, -0.2) is 0 Å². The quantitative estimate of drug-likeness (QED) is 0.790. The minimum atomic E-state index is -4.30. The molecule has 0 saturated heterocycles. The smallest absolute Gasteiger partial charge is 0.411 e. The number of ether oxygens (including phenoxy) is 2. The van der Waals surface area contributed by atoms with Crippen LogP contribution in [0, 0.1) is 0 Å². The highest BCUT2D eigenvalue weighted by atomic mass is 19.4. The molecule has 1 rings (SSSR count). The van der Waals surface area contributed by atoms with E-state index in [1.54, 1.807) is 31.2 Å². The van der Waals surface area contributed by atoms with Gasteiger partial charge in [0.2, 0.25) is 0 Å². The average Bonchev–Trinajstić information content (AvgIpc) is 2.29. The summed E-state index contributed by atoms with van der Waals surface area (Å²) in [7, 11) is 1.51. The molecule has 0 amide bonds. The molecule has 1 atom stereocenters. The second-order valence-corrected chi connectivity index (χ2v) is 3.60. The van der Waals surface area contributed by atoms with Crippen LogP contribution in [0.1, 0.15) is 25.0 Å². The Labute approximate surface area is 98.3 Å². The molecule has 5 heteroatoms. The van der Waals surface area contributed by atoms with Crippen molar-refractivity contribution in [2.75, 3.05) is 13.7 Å². The second kappa shape index (κ2) is 5.91. The monoisotopic (exact) mass is 248 g/mol. The van der Waals surface area contributed by atoms with Gasteiger partial charge in [-0.1, -0.05) is 19.1 Å².